The highest BCUT2D eigenvalue weighted by Gasteiger charge is 2.88. The topological polar surface area (TPSA) is 146 Å². The lowest BCUT2D eigenvalue weighted by Gasteiger charge is -2.70. The number of aryl methyl sites for hydroxylation is 1. The van der Waals surface area contributed by atoms with Gasteiger partial charge in [-0.1, -0.05) is 24.6 Å². The SMILES string of the molecule is CCN1C[C@]2(CCO)CC[C@H](CO)[C@]34C5C[C@]6(O)[C@@H](OC)C[C@@](OC(C)=O)(C5[C@H]6OC(=O)c5ccc(C)cc5)[C@H](C13)[C@H](CO)[C@H]24. The zero-order chi connectivity index (χ0) is 32.1. The molecule has 0 amide bonds. The van der Waals surface area contributed by atoms with Crippen molar-refractivity contribution in [2.24, 2.45) is 46.3 Å². The first-order chi connectivity index (χ1) is 21.5. The van der Waals surface area contributed by atoms with Gasteiger partial charge in [-0.25, -0.2) is 4.79 Å². The van der Waals surface area contributed by atoms with Gasteiger partial charge in [-0.05, 0) is 85.8 Å². The maximum Gasteiger partial charge on any atom is 0.338 e. The van der Waals surface area contributed by atoms with Gasteiger partial charge in [0.05, 0.1) is 11.7 Å². The number of hydrogen-bond donors (Lipinski definition) is 4. The van der Waals surface area contributed by atoms with E-state index in [1.165, 1.54) is 14.0 Å². The van der Waals surface area contributed by atoms with Crippen molar-refractivity contribution in [1.82, 2.24) is 4.90 Å². The minimum Gasteiger partial charge on any atom is -0.458 e. The summed E-state index contributed by atoms with van der Waals surface area (Å²) < 4.78 is 19.0. The number of piperidine rings is 1. The molecule has 1 aromatic carbocycles. The number of likely N-dealkylation sites (tertiary alicyclic amines) is 1. The normalized spacial score (nSPS) is 47.4. The van der Waals surface area contributed by atoms with Gasteiger partial charge in [0.2, 0.25) is 0 Å². The molecule has 3 unspecified atom stereocenters. The van der Waals surface area contributed by atoms with E-state index in [9.17, 15) is 30.0 Å². The summed E-state index contributed by atoms with van der Waals surface area (Å²) in [6.45, 7) is 6.76. The fourth-order valence-corrected chi connectivity index (χ4v) is 12.9. The quantitative estimate of drug-likeness (QED) is 0.300. The van der Waals surface area contributed by atoms with Crippen LogP contribution in [-0.4, -0.2) is 107 Å². The number of hydrogen-bond acceptors (Lipinski definition) is 10. The van der Waals surface area contributed by atoms with E-state index in [2.05, 4.69) is 11.8 Å². The first-order valence-corrected chi connectivity index (χ1v) is 16.8. The molecule has 1 saturated heterocycles. The van der Waals surface area contributed by atoms with Crippen molar-refractivity contribution in [3.05, 3.63) is 35.4 Å². The third-order valence-electron chi connectivity index (χ3n) is 13.8. The third-order valence-corrected chi connectivity index (χ3v) is 13.8. The number of ether oxygens (including phenoxy) is 3. The molecule has 1 aliphatic heterocycles. The molecular weight excluding hydrogens is 578 g/mol. The highest BCUT2D eigenvalue weighted by atomic mass is 16.6. The number of esters is 2. The van der Waals surface area contributed by atoms with Gasteiger partial charge >= 0.3 is 11.9 Å². The maximum atomic E-state index is 13.8. The van der Waals surface area contributed by atoms with Crippen molar-refractivity contribution in [1.29, 1.82) is 0 Å². The van der Waals surface area contributed by atoms with Gasteiger partial charge in [0.25, 0.3) is 0 Å². The molecule has 7 rings (SSSR count). The van der Waals surface area contributed by atoms with E-state index in [0.29, 0.717) is 12.0 Å². The fraction of sp³-hybridized carbons (Fsp3) is 0.771. The van der Waals surface area contributed by atoms with Crippen LogP contribution in [0.2, 0.25) is 0 Å². The van der Waals surface area contributed by atoms with Gasteiger partial charge in [0.15, 0.2) is 0 Å². The number of fused-ring (bicyclic) bond motifs is 2. The highest BCUT2D eigenvalue weighted by Crippen LogP contribution is 2.82. The molecule has 1 heterocycles. The number of carbonyl (C=O) groups is 2. The zero-order valence-electron chi connectivity index (χ0n) is 26.9. The molecule has 0 radical (unpaired) electrons. The minimum absolute atomic E-state index is 0.0110. The summed E-state index contributed by atoms with van der Waals surface area (Å²) in [5, 5.41) is 45.7. The predicted molar refractivity (Wildman–Crippen MR) is 162 cm³/mol. The van der Waals surface area contributed by atoms with Gasteiger partial charge in [-0.15, -0.1) is 0 Å². The second-order valence-corrected chi connectivity index (χ2v) is 15.1. The third kappa shape index (κ3) is 3.84. The molecule has 6 aliphatic rings. The predicted octanol–water partition coefficient (Wildman–Crippen LogP) is 1.94. The van der Waals surface area contributed by atoms with Gasteiger partial charge in [-0.2, -0.15) is 0 Å². The summed E-state index contributed by atoms with van der Waals surface area (Å²) in [6, 6.07) is 6.97. The van der Waals surface area contributed by atoms with Gasteiger partial charge < -0.3 is 34.6 Å². The fourth-order valence-electron chi connectivity index (χ4n) is 12.9. The van der Waals surface area contributed by atoms with Gasteiger partial charge in [0.1, 0.15) is 17.3 Å². The molecule has 13 atom stereocenters. The average Bonchev–Trinajstić information content (AvgIpc) is 3.39. The second kappa shape index (κ2) is 10.7. The van der Waals surface area contributed by atoms with Crippen molar-refractivity contribution in [3.8, 4) is 0 Å². The Hall–Kier alpha value is -2.08. The average molecular weight is 628 g/mol. The Labute approximate surface area is 265 Å². The van der Waals surface area contributed by atoms with Crippen LogP contribution in [-0.2, 0) is 19.0 Å². The van der Waals surface area contributed by atoms with Crippen molar-refractivity contribution < 1.29 is 44.2 Å². The number of aliphatic hydroxyl groups excluding tert-OH is 3. The molecule has 5 saturated carbocycles. The van der Waals surface area contributed by atoms with Gasteiger partial charge in [-0.3, -0.25) is 9.69 Å². The Morgan fingerprint density at radius 1 is 1.07 bits per heavy atom. The van der Waals surface area contributed by atoms with Crippen molar-refractivity contribution >= 4 is 11.9 Å². The second-order valence-electron chi connectivity index (χ2n) is 15.1. The van der Waals surface area contributed by atoms with Crippen molar-refractivity contribution in [2.45, 2.75) is 82.3 Å². The van der Waals surface area contributed by atoms with E-state index in [0.717, 1.165) is 31.5 Å². The molecule has 10 nitrogen and oxygen atoms in total. The number of rotatable bonds is 9. The highest BCUT2D eigenvalue weighted by molar-refractivity contribution is 5.89. The Kier molecular flexibility index (Phi) is 7.51. The van der Waals surface area contributed by atoms with Crippen LogP contribution >= 0.6 is 0 Å². The monoisotopic (exact) mass is 627 g/mol. The lowest BCUT2D eigenvalue weighted by atomic mass is 9.40. The van der Waals surface area contributed by atoms with E-state index in [4.69, 9.17) is 14.2 Å². The number of methoxy groups -OCH3 is 1. The standard InChI is InChI=1S/C35H49NO9/c1-5-36-18-32(12-13-37)11-10-22(16-38)35-24-14-33(42)25(43-4)15-34(45-20(3)40,26(29(35)36)23(17-39)28(32)35)27(24)30(33)44-31(41)21-8-6-19(2)7-9-21/h6-9,22-30,37-39,42H,5,10-18H2,1-4H3/t22-,23+,24?,25+,26+,27?,28-,29?,30-,32-,33+,34+,35-/m1/s1. The first kappa shape index (κ1) is 31.5. The summed E-state index contributed by atoms with van der Waals surface area (Å²) in [4.78, 5) is 29.4. The summed E-state index contributed by atoms with van der Waals surface area (Å²) in [5.74, 6) is -2.74. The number of carbonyl (C=O) groups excluding carboxylic acids is 2. The summed E-state index contributed by atoms with van der Waals surface area (Å²) in [7, 11) is 1.53. The van der Waals surface area contributed by atoms with Crippen LogP contribution < -0.4 is 0 Å². The Bertz CT molecular complexity index is 1340. The van der Waals surface area contributed by atoms with Crippen LogP contribution in [0.3, 0.4) is 0 Å². The molecule has 1 aromatic rings. The Balaban J connectivity index is 1.48. The van der Waals surface area contributed by atoms with Crippen LogP contribution in [0.25, 0.3) is 0 Å². The van der Waals surface area contributed by atoms with Crippen molar-refractivity contribution in [2.75, 3.05) is 40.0 Å². The van der Waals surface area contributed by atoms with E-state index < -0.39 is 46.7 Å². The van der Waals surface area contributed by atoms with E-state index in [-0.39, 0.29) is 73.7 Å². The zero-order valence-corrected chi connectivity index (χ0v) is 26.9. The first-order valence-electron chi connectivity index (χ1n) is 16.8. The minimum atomic E-state index is -1.55. The van der Waals surface area contributed by atoms with Gasteiger partial charge in [0, 0.05) is 64.7 Å². The Morgan fingerprint density at radius 2 is 1.80 bits per heavy atom. The van der Waals surface area contributed by atoms with Crippen LogP contribution in [0.15, 0.2) is 24.3 Å². The van der Waals surface area contributed by atoms with Crippen molar-refractivity contribution in [3.63, 3.8) is 0 Å². The smallest absolute Gasteiger partial charge is 0.338 e. The number of benzene rings is 1. The lowest BCUT2D eigenvalue weighted by Crippen LogP contribution is -2.76. The molecule has 10 heteroatoms. The molecule has 6 fully saturated rings. The summed E-state index contributed by atoms with van der Waals surface area (Å²) in [6.07, 6.45) is 0.786. The molecule has 45 heavy (non-hydrogen) atoms. The largest absolute Gasteiger partial charge is 0.458 e. The molecule has 1 spiro atoms. The van der Waals surface area contributed by atoms with Crippen LogP contribution in [0.1, 0.15) is 61.9 Å². The van der Waals surface area contributed by atoms with E-state index in [1.807, 2.05) is 19.1 Å². The Morgan fingerprint density at radius 3 is 2.40 bits per heavy atom. The summed E-state index contributed by atoms with van der Waals surface area (Å²) in [5.41, 5.74) is -2.26. The van der Waals surface area contributed by atoms with E-state index >= 15 is 0 Å². The number of aliphatic hydroxyl groups is 4. The summed E-state index contributed by atoms with van der Waals surface area (Å²) >= 11 is 0. The van der Waals surface area contributed by atoms with Crippen LogP contribution in [0.4, 0.5) is 0 Å². The lowest BCUT2D eigenvalue weighted by molar-refractivity contribution is -0.279. The molecule has 5 aliphatic carbocycles. The molecule has 7 bridgehead atoms. The maximum absolute atomic E-state index is 13.8. The molecule has 248 valence electrons. The molecule has 0 aromatic heterocycles. The van der Waals surface area contributed by atoms with Crippen LogP contribution in [0, 0.1) is 53.3 Å². The number of nitrogens with zero attached hydrogens (tertiary/aromatic N) is 1. The van der Waals surface area contributed by atoms with E-state index in [1.54, 1.807) is 12.1 Å². The van der Waals surface area contributed by atoms with Crippen LogP contribution in [0.5, 0.6) is 0 Å². The molecule has 4 N–H and O–H groups in total. The molecular formula is C35H49NO9.